The number of anilines is 1. The van der Waals surface area contributed by atoms with E-state index in [1.54, 1.807) is 6.20 Å². The number of nitro benzene ring substituents is 1. The van der Waals surface area contributed by atoms with Crippen LogP contribution in [-0.2, 0) is 6.54 Å². The topological polar surface area (TPSA) is 83.8 Å². The fourth-order valence-electron chi connectivity index (χ4n) is 1.59. The first-order valence-corrected chi connectivity index (χ1v) is 5.25. The second-order valence-corrected chi connectivity index (χ2v) is 3.77. The number of nitrogens with zero attached hydrogens (tertiary/aromatic N) is 2. The Balaban J connectivity index is 2.22. The Bertz CT molecular complexity index is 582. The van der Waals surface area contributed by atoms with Gasteiger partial charge in [0.05, 0.1) is 11.1 Å². The number of rotatable bonds is 4. The molecule has 2 N–H and O–H groups in total. The SMILES string of the molecule is Cc1[nH]ncc1CNc1cccc(F)c1[N+](=O)[O-]. The van der Waals surface area contributed by atoms with Gasteiger partial charge in [-0.3, -0.25) is 15.2 Å². The van der Waals surface area contributed by atoms with Gasteiger partial charge in [-0.05, 0) is 19.1 Å². The molecule has 7 heteroatoms. The number of para-hydroxylation sites is 1. The summed E-state index contributed by atoms with van der Waals surface area (Å²) in [6, 6.07) is 3.95. The average molecular weight is 250 g/mol. The van der Waals surface area contributed by atoms with Crippen LogP contribution >= 0.6 is 0 Å². The Morgan fingerprint density at radius 1 is 1.56 bits per heavy atom. The summed E-state index contributed by atoms with van der Waals surface area (Å²) in [6.45, 7) is 2.18. The summed E-state index contributed by atoms with van der Waals surface area (Å²) in [7, 11) is 0. The van der Waals surface area contributed by atoms with E-state index >= 15 is 0 Å². The van der Waals surface area contributed by atoms with Gasteiger partial charge in [-0.15, -0.1) is 0 Å². The Hall–Kier alpha value is -2.44. The maximum atomic E-state index is 13.3. The third-order valence-electron chi connectivity index (χ3n) is 2.57. The Labute approximate surface area is 102 Å². The smallest absolute Gasteiger partial charge is 0.327 e. The number of hydrogen-bond donors (Lipinski definition) is 2. The zero-order chi connectivity index (χ0) is 13.1. The quantitative estimate of drug-likeness (QED) is 0.644. The van der Waals surface area contributed by atoms with Gasteiger partial charge >= 0.3 is 5.69 Å². The van der Waals surface area contributed by atoms with Crippen molar-refractivity contribution in [3.63, 3.8) is 0 Å². The highest BCUT2D eigenvalue weighted by atomic mass is 19.1. The first kappa shape index (κ1) is 12.0. The van der Waals surface area contributed by atoms with Crippen LogP contribution in [0.1, 0.15) is 11.3 Å². The number of nitrogens with one attached hydrogen (secondary N) is 2. The van der Waals surface area contributed by atoms with E-state index in [1.165, 1.54) is 12.1 Å². The number of aromatic amines is 1. The number of aryl methyl sites for hydroxylation is 1. The number of H-pyrrole nitrogens is 1. The molecule has 2 aromatic rings. The van der Waals surface area contributed by atoms with Crippen LogP contribution in [0.5, 0.6) is 0 Å². The molecule has 0 aliphatic rings. The van der Waals surface area contributed by atoms with Gasteiger partial charge in [-0.1, -0.05) is 6.07 Å². The lowest BCUT2D eigenvalue weighted by Crippen LogP contribution is -2.04. The van der Waals surface area contributed by atoms with Gasteiger partial charge in [0.2, 0.25) is 5.82 Å². The minimum atomic E-state index is -0.853. The third-order valence-corrected chi connectivity index (χ3v) is 2.57. The molecule has 0 fully saturated rings. The molecule has 0 unspecified atom stereocenters. The molecule has 0 aliphatic heterocycles. The lowest BCUT2D eigenvalue weighted by Gasteiger charge is -2.06. The molecule has 6 nitrogen and oxygen atoms in total. The number of benzene rings is 1. The molecule has 0 saturated carbocycles. The van der Waals surface area contributed by atoms with Crippen LogP contribution < -0.4 is 5.32 Å². The molecule has 1 aromatic carbocycles. The second-order valence-electron chi connectivity index (χ2n) is 3.77. The first-order chi connectivity index (χ1) is 8.59. The summed E-state index contributed by atoms with van der Waals surface area (Å²) in [6.07, 6.45) is 1.62. The zero-order valence-electron chi connectivity index (χ0n) is 9.61. The molecule has 0 radical (unpaired) electrons. The highest BCUT2D eigenvalue weighted by Crippen LogP contribution is 2.27. The van der Waals surface area contributed by atoms with Crippen molar-refractivity contribution in [1.82, 2.24) is 10.2 Å². The van der Waals surface area contributed by atoms with Gasteiger partial charge in [0, 0.05) is 17.8 Å². The fourth-order valence-corrected chi connectivity index (χ4v) is 1.59. The number of hydrogen-bond acceptors (Lipinski definition) is 4. The monoisotopic (exact) mass is 250 g/mol. The van der Waals surface area contributed by atoms with E-state index < -0.39 is 16.4 Å². The van der Waals surface area contributed by atoms with Crippen molar-refractivity contribution in [2.24, 2.45) is 0 Å². The second kappa shape index (κ2) is 4.82. The summed E-state index contributed by atoms with van der Waals surface area (Å²) in [4.78, 5) is 10.0. The van der Waals surface area contributed by atoms with Crippen LogP contribution in [0.25, 0.3) is 0 Å². The molecule has 1 aromatic heterocycles. The van der Waals surface area contributed by atoms with Crippen LogP contribution in [0.3, 0.4) is 0 Å². The minimum absolute atomic E-state index is 0.153. The lowest BCUT2D eigenvalue weighted by molar-refractivity contribution is -0.386. The van der Waals surface area contributed by atoms with E-state index in [4.69, 9.17) is 0 Å². The maximum Gasteiger partial charge on any atom is 0.327 e. The van der Waals surface area contributed by atoms with Crippen LogP contribution in [0.15, 0.2) is 24.4 Å². The van der Waals surface area contributed by atoms with Gasteiger partial charge in [-0.2, -0.15) is 9.49 Å². The van der Waals surface area contributed by atoms with Crippen LogP contribution in [-0.4, -0.2) is 15.1 Å². The fraction of sp³-hybridized carbons (Fsp3) is 0.182. The van der Waals surface area contributed by atoms with Crippen molar-refractivity contribution in [2.45, 2.75) is 13.5 Å². The molecule has 0 atom stereocenters. The summed E-state index contributed by atoms with van der Waals surface area (Å²) in [5, 5.41) is 20.2. The summed E-state index contributed by atoms with van der Waals surface area (Å²) < 4.78 is 13.3. The van der Waals surface area contributed by atoms with E-state index in [0.29, 0.717) is 6.54 Å². The Morgan fingerprint density at radius 2 is 2.33 bits per heavy atom. The molecule has 0 aliphatic carbocycles. The van der Waals surface area contributed by atoms with Crippen LogP contribution in [0.4, 0.5) is 15.8 Å². The standard InChI is InChI=1S/C11H11FN4O2/c1-7-8(6-14-15-7)5-13-10-4-2-3-9(12)11(10)16(17)18/h2-4,6,13H,5H2,1H3,(H,14,15). The van der Waals surface area contributed by atoms with Crippen molar-refractivity contribution >= 4 is 11.4 Å². The van der Waals surface area contributed by atoms with E-state index in [2.05, 4.69) is 15.5 Å². The number of nitro groups is 1. The average Bonchev–Trinajstić information content (AvgIpc) is 2.71. The van der Waals surface area contributed by atoms with Crippen molar-refractivity contribution in [1.29, 1.82) is 0 Å². The van der Waals surface area contributed by atoms with Crippen LogP contribution in [0, 0.1) is 22.9 Å². The van der Waals surface area contributed by atoms with Gasteiger partial charge in [-0.25, -0.2) is 0 Å². The molecule has 0 saturated heterocycles. The minimum Gasteiger partial charge on any atom is -0.375 e. The lowest BCUT2D eigenvalue weighted by atomic mass is 10.2. The molecular formula is C11H11FN4O2. The third kappa shape index (κ3) is 2.29. The van der Waals surface area contributed by atoms with Gasteiger partial charge < -0.3 is 5.32 Å². The van der Waals surface area contributed by atoms with Crippen molar-refractivity contribution in [2.75, 3.05) is 5.32 Å². The van der Waals surface area contributed by atoms with Gasteiger partial charge in [0.25, 0.3) is 0 Å². The summed E-state index contributed by atoms with van der Waals surface area (Å²) >= 11 is 0. The largest absolute Gasteiger partial charge is 0.375 e. The molecule has 94 valence electrons. The van der Waals surface area contributed by atoms with Crippen molar-refractivity contribution in [3.8, 4) is 0 Å². The maximum absolute atomic E-state index is 13.3. The van der Waals surface area contributed by atoms with E-state index in [9.17, 15) is 14.5 Å². The predicted molar refractivity (Wildman–Crippen MR) is 63.7 cm³/mol. The van der Waals surface area contributed by atoms with Gasteiger partial charge in [0.15, 0.2) is 0 Å². The zero-order valence-corrected chi connectivity index (χ0v) is 9.61. The highest BCUT2D eigenvalue weighted by Gasteiger charge is 2.19. The van der Waals surface area contributed by atoms with Crippen molar-refractivity contribution < 1.29 is 9.31 Å². The first-order valence-electron chi connectivity index (χ1n) is 5.25. The van der Waals surface area contributed by atoms with E-state index in [-0.39, 0.29) is 5.69 Å². The molecule has 0 bridgehead atoms. The van der Waals surface area contributed by atoms with Crippen molar-refractivity contribution in [3.05, 3.63) is 51.6 Å². The van der Waals surface area contributed by atoms with E-state index in [0.717, 1.165) is 17.3 Å². The molecule has 0 spiro atoms. The van der Waals surface area contributed by atoms with Gasteiger partial charge in [0.1, 0.15) is 5.69 Å². The summed E-state index contributed by atoms with van der Waals surface area (Å²) in [5.74, 6) is -0.853. The molecule has 18 heavy (non-hydrogen) atoms. The Morgan fingerprint density at radius 3 is 2.94 bits per heavy atom. The predicted octanol–water partition coefficient (Wildman–Crippen LogP) is 2.38. The Kier molecular flexibility index (Phi) is 3.22. The number of aromatic nitrogens is 2. The van der Waals surface area contributed by atoms with Crippen LogP contribution in [0.2, 0.25) is 0 Å². The summed E-state index contributed by atoms with van der Waals surface area (Å²) in [5.41, 5.74) is 1.34. The normalized spacial score (nSPS) is 10.3. The molecular weight excluding hydrogens is 239 g/mol. The van der Waals surface area contributed by atoms with E-state index in [1.807, 2.05) is 6.92 Å². The molecule has 1 heterocycles. The molecule has 0 amide bonds. The highest BCUT2D eigenvalue weighted by molar-refractivity contribution is 5.62. The molecule has 2 rings (SSSR count). The number of halogens is 1.